The molecule has 0 unspecified atom stereocenters. The van der Waals surface area contributed by atoms with Crippen molar-refractivity contribution in [3.05, 3.63) is 34.9 Å². The highest BCUT2D eigenvalue weighted by Crippen LogP contribution is 2.12. The Morgan fingerprint density at radius 2 is 2.00 bits per heavy atom. The van der Waals surface area contributed by atoms with Gasteiger partial charge in [-0.2, -0.15) is 5.10 Å². The molecule has 4 nitrogen and oxygen atoms in total. The van der Waals surface area contributed by atoms with Crippen molar-refractivity contribution in [3.63, 3.8) is 0 Å². The summed E-state index contributed by atoms with van der Waals surface area (Å²) in [5, 5.41) is 7.68. The van der Waals surface area contributed by atoms with Gasteiger partial charge in [-0.1, -0.05) is 29.8 Å². The van der Waals surface area contributed by atoms with Gasteiger partial charge in [-0.05, 0) is 6.07 Å². The van der Waals surface area contributed by atoms with E-state index in [4.69, 9.17) is 23.1 Å². The van der Waals surface area contributed by atoms with Gasteiger partial charge >= 0.3 is 0 Å². The molecule has 0 saturated carbocycles. The predicted octanol–water partition coefficient (Wildman–Crippen LogP) is 0.947. The molecule has 1 rings (SSSR count). The Kier molecular flexibility index (Phi) is 3.28. The third-order valence-electron chi connectivity index (χ3n) is 1.28. The molecule has 0 aliphatic heterocycles. The van der Waals surface area contributed by atoms with Crippen LogP contribution in [0.25, 0.3) is 0 Å². The second kappa shape index (κ2) is 4.47. The third-order valence-corrected chi connectivity index (χ3v) is 1.62. The Hall–Kier alpha value is -1.55. The summed E-state index contributed by atoms with van der Waals surface area (Å²) < 4.78 is 0. The minimum absolute atomic E-state index is 0.0803. The molecule has 0 aromatic heterocycles. The minimum Gasteiger partial charge on any atom is -0.369 e. The van der Waals surface area contributed by atoms with Gasteiger partial charge in [0.05, 0.1) is 6.21 Å². The van der Waals surface area contributed by atoms with E-state index >= 15 is 0 Å². The fourth-order valence-corrected chi connectivity index (χ4v) is 0.922. The van der Waals surface area contributed by atoms with Crippen LogP contribution in [-0.2, 0) is 0 Å². The molecule has 68 valence electrons. The number of nitrogens with two attached hydrogens (primary N) is 2. The summed E-state index contributed by atoms with van der Waals surface area (Å²) in [5.41, 5.74) is 10.9. The lowest BCUT2D eigenvalue weighted by Gasteiger charge is -1.93. The average Bonchev–Trinajstić information content (AvgIpc) is 2.08. The van der Waals surface area contributed by atoms with Crippen molar-refractivity contribution in [3.8, 4) is 0 Å². The van der Waals surface area contributed by atoms with E-state index in [9.17, 15) is 0 Å². The maximum atomic E-state index is 5.84. The molecule has 0 amide bonds. The molecule has 0 saturated heterocycles. The lowest BCUT2D eigenvalue weighted by atomic mass is 10.2. The second-order valence-corrected chi connectivity index (χ2v) is 2.70. The van der Waals surface area contributed by atoms with Crippen LogP contribution < -0.4 is 11.5 Å². The highest BCUT2D eigenvalue weighted by Gasteiger charge is 1.92. The highest BCUT2D eigenvalue weighted by atomic mass is 35.5. The smallest absolute Gasteiger partial charge is 0.211 e. The van der Waals surface area contributed by atoms with Crippen molar-refractivity contribution in [2.45, 2.75) is 0 Å². The molecule has 4 N–H and O–H groups in total. The first-order valence-electron chi connectivity index (χ1n) is 3.56. The Labute approximate surface area is 80.9 Å². The number of halogens is 1. The molecule has 0 heterocycles. The van der Waals surface area contributed by atoms with Gasteiger partial charge in [0.25, 0.3) is 0 Å². The molecule has 13 heavy (non-hydrogen) atoms. The van der Waals surface area contributed by atoms with Crippen LogP contribution in [0.5, 0.6) is 0 Å². The molecule has 0 aliphatic rings. The molecular weight excluding hydrogens is 188 g/mol. The lowest BCUT2D eigenvalue weighted by Crippen LogP contribution is -2.21. The summed E-state index contributed by atoms with van der Waals surface area (Å²) in [5.74, 6) is -0.0803. The highest BCUT2D eigenvalue weighted by molar-refractivity contribution is 6.33. The minimum atomic E-state index is -0.0803. The fraction of sp³-hybridized carbons (Fsp3) is 0. The zero-order valence-corrected chi connectivity index (χ0v) is 7.57. The second-order valence-electron chi connectivity index (χ2n) is 2.29. The van der Waals surface area contributed by atoms with Crippen LogP contribution in [0.2, 0.25) is 5.02 Å². The third kappa shape index (κ3) is 3.13. The van der Waals surface area contributed by atoms with Crippen LogP contribution in [0, 0.1) is 0 Å². The van der Waals surface area contributed by atoms with Crippen molar-refractivity contribution in [1.29, 1.82) is 0 Å². The molecule has 0 bridgehead atoms. The fourth-order valence-electron chi connectivity index (χ4n) is 0.738. The number of hydrogen-bond donors (Lipinski definition) is 2. The standard InChI is InChI=1S/C8H9ClN4/c9-7-4-2-1-3-6(7)5-12-13-8(10)11/h1-5H,(H4,10,11,13)/b12-5-. The van der Waals surface area contributed by atoms with E-state index in [0.29, 0.717) is 5.02 Å². The molecule has 5 heteroatoms. The lowest BCUT2D eigenvalue weighted by molar-refractivity contribution is 1.21. The predicted molar refractivity (Wildman–Crippen MR) is 54.9 cm³/mol. The van der Waals surface area contributed by atoms with E-state index in [0.717, 1.165) is 5.56 Å². The van der Waals surface area contributed by atoms with Gasteiger partial charge in [0.2, 0.25) is 5.96 Å². The normalized spacial score (nSPS) is 10.2. The van der Waals surface area contributed by atoms with E-state index in [1.165, 1.54) is 6.21 Å². The summed E-state index contributed by atoms with van der Waals surface area (Å²) in [7, 11) is 0. The first-order chi connectivity index (χ1) is 6.20. The maximum absolute atomic E-state index is 5.84. The summed E-state index contributed by atoms with van der Waals surface area (Å²) in [6.45, 7) is 0. The van der Waals surface area contributed by atoms with Crippen LogP contribution in [0.4, 0.5) is 0 Å². The number of guanidine groups is 1. The van der Waals surface area contributed by atoms with Crippen LogP contribution in [0.1, 0.15) is 5.56 Å². The molecule has 0 aliphatic carbocycles. The topological polar surface area (TPSA) is 76.8 Å². The van der Waals surface area contributed by atoms with E-state index in [1.807, 2.05) is 18.2 Å². The van der Waals surface area contributed by atoms with Crippen molar-refractivity contribution >= 4 is 23.8 Å². The summed E-state index contributed by atoms with van der Waals surface area (Å²) in [6.07, 6.45) is 1.49. The van der Waals surface area contributed by atoms with Gasteiger partial charge in [-0.25, -0.2) is 0 Å². The van der Waals surface area contributed by atoms with Gasteiger partial charge in [0, 0.05) is 10.6 Å². The number of nitrogens with zero attached hydrogens (tertiary/aromatic N) is 2. The molecular formula is C8H9ClN4. The maximum Gasteiger partial charge on any atom is 0.211 e. The van der Waals surface area contributed by atoms with Crippen molar-refractivity contribution in [2.24, 2.45) is 21.7 Å². The van der Waals surface area contributed by atoms with Gasteiger partial charge in [-0.15, -0.1) is 5.10 Å². The van der Waals surface area contributed by atoms with Gasteiger partial charge in [0.1, 0.15) is 0 Å². The number of benzene rings is 1. The first kappa shape index (κ1) is 9.54. The summed E-state index contributed by atoms with van der Waals surface area (Å²) in [4.78, 5) is 0. The van der Waals surface area contributed by atoms with Crippen molar-refractivity contribution in [1.82, 2.24) is 0 Å². The molecule has 1 aromatic carbocycles. The largest absolute Gasteiger partial charge is 0.369 e. The summed E-state index contributed by atoms with van der Waals surface area (Å²) in [6, 6.07) is 7.26. The van der Waals surface area contributed by atoms with E-state index in [-0.39, 0.29) is 5.96 Å². The van der Waals surface area contributed by atoms with Crippen LogP contribution >= 0.6 is 11.6 Å². The van der Waals surface area contributed by atoms with E-state index in [1.54, 1.807) is 6.07 Å². The summed E-state index contributed by atoms with van der Waals surface area (Å²) >= 11 is 5.84. The Balaban J connectivity index is 2.80. The quantitative estimate of drug-likeness (QED) is 0.420. The Morgan fingerprint density at radius 1 is 1.31 bits per heavy atom. The molecule has 0 radical (unpaired) electrons. The van der Waals surface area contributed by atoms with Crippen molar-refractivity contribution in [2.75, 3.05) is 0 Å². The molecule has 0 fully saturated rings. The van der Waals surface area contributed by atoms with Crippen LogP contribution in [0.3, 0.4) is 0 Å². The van der Waals surface area contributed by atoms with Crippen LogP contribution in [-0.4, -0.2) is 12.2 Å². The zero-order chi connectivity index (χ0) is 9.68. The number of rotatable bonds is 2. The average molecular weight is 197 g/mol. The number of hydrogen-bond acceptors (Lipinski definition) is 2. The van der Waals surface area contributed by atoms with Crippen LogP contribution in [0.15, 0.2) is 34.5 Å². The Morgan fingerprint density at radius 3 is 2.62 bits per heavy atom. The zero-order valence-electron chi connectivity index (χ0n) is 6.81. The molecule has 0 atom stereocenters. The molecule has 0 spiro atoms. The van der Waals surface area contributed by atoms with E-state index in [2.05, 4.69) is 10.2 Å². The van der Waals surface area contributed by atoms with Gasteiger partial charge in [-0.3, -0.25) is 0 Å². The monoisotopic (exact) mass is 196 g/mol. The van der Waals surface area contributed by atoms with Crippen molar-refractivity contribution < 1.29 is 0 Å². The van der Waals surface area contributed by atoms with E-state index < -0.39 is 0 Å². The molecule has 1 aromatic rings. The van der Waals surface area contributed by atoms with Gasteiger partial charge in [0.15, 0.2) is 0 Å². The Bertz CT molecular complexity index is 342. The SMILES string of the molecule is NC(N)=N/N=C\c1ccccc1Cl. The first-order valence-corrected chi connectivity index (χ1v) is 3.94. The van der Waals surface area contributed by atoms with Gasteiger partial charge < -0.3 is 11.5 Å².